The van der Waals surface area contributed by atoms with Crippen LogP contribution in [0.4, 0.5) is 0 Å². The molecule has 0 spiro atoms. The van der Waals surface area contributed by atoms with Gasteiger partial charge in [-0.1, -0.05) is 20.3 Å². The molecule has 0 aromatic rings. The van der Waals surface area contributed by atoms with E-state index in [1.807, 2.05) is 0 Å². The molecule has 0 saturated heterocycles. The zero-order valence-electron chi connectivity index (χ0n) is 8.40. The molecular formula is C11H21N. The maximum atomic E-state index is 3.77. The third kappa shape index (κ3) is 1.82. The fourth-order valence-corrected chi connectivity index (χ4v) is 2.49. The second kappa shape index (κ2) is 3.02. The fraction of sp³-hybridized carbons (Fsp3) is 1.00. The Labute approximate surface area is 75.9 Å². The smallest absolute Gasteiger partial charge is 0.00749 e. The molecule has 1 N–H and O–H groups in total. The van der Waals surface area contributed by atoms with E-state index in [0.29, 0.717) is 5.41 Å². The van der Waals surface area contributed by atoms with E-state index in [1.165, 1.54) is 38.5 Å². The summed E-state index contributed by atoms with van der Waals surface area (Å²) >= 11 is 0. The Morgan fingerprint density at radius 2 is 1.83 bits per heavy atom. The van der Waals surface area contributed by atoms with E-state index in [1.54, 1.807) is 0 Å². The van der Waals surface area contributed by atoms with E-state index < -0.39 is 0 Å². The second-order valence-corrected chi connectivity index (χ2v) is 5.40. The van der Waals surface area contributed by atoms with Gasteiger partial charge in [0, 0.05) is 12.1 Å². The van der Waals surface area contributed by atoms with Gasteiger partial charge in [0.1, 0.15) is 0 Å². The summed E-state index contributed by atoms with van der Waals surface area (Å²) in [5, 5.41) is 3.77. The van der Waals surface area contributed by atoms with Crippen LogP contribution in [0.25, 0.3) is 0 Å². The molecule has 0 amide bonds. The predicted octanol–water partition coefficient (Wildman–Crippen LogP) is 2.71. The van der Waals surface area contributed by atoms with Crippen molar-refractivity contribution in [2.24, 2.45) is 5.41 Å². The molecule has 0 heterocycles. The molecule has 0 aliphatic heterocycles. The van der Waals surface area contributed by atoms with Crippen LogP contribution in [0.1, 0.15) is 52.4 Å². The van der Waals surface area contributed by atoms with Gasteiger partial charge >= 0.3 is 0 Å². The SMILES string of the molecule is CC1(C)CC[C@@H](NC2CCC2)C1. The van der Waals surface area contributed by atoms with Gasteiger partial charge < -0.3 is 5.32 Å². The summed E-state index contributed by atoms with van der Waals surface area (Å²) in [6, 6.07) is 1.72. The van der Waals surface area contributed by atoms with Crippen molar-refractivity contribution in [3.8, 4) is 0 Å². The average molecular weight is 167 g/mol. The zero-order chi connectivity index (χ0) is 8.60. The highest BCUT2D eigenvalue weighted by molar-refractivity contribution is 4.89. The minimum absolute atomic E-state index is 0.613. The van der Waals surface area contributed by atoms with E-state index in [2.05, 4.69) is 19.2 Å². The topological polar surface area (TPSA) is 12.0 Å². The van der Waals surface area contributed by atoms with Gasteiger partial charge in [-0.05, 0) is 37.5 Å². The summed E-state index contributed by atoms with van der Waals surface area (Å²) in [5.74, 6) is 0. The summed E-state index contributed by atoms with van der Waals surface area (Å²) in [4.78, 5) is 0. The monoisotopic (exact) mass is 167 g/mol. The van der Waals surface area contributed by atoms with Crippen LogP contribution in [0.5, 0.6) is 0 Å². The third-order valence-electron chi connectivity index (χ3n) is 3.55. The first-order chi connectivity index (χ1) is 5.66. The summed E-state index contributed by atoms with van der Waals surface area (Å²) < 4.78 is 0. The second-order valence-electron chi connectivity index (χ2n) is 5.40. The molecule has 0 unspecified atom stereocenters. The normalized spacial score (nSPS) is 35.0. The molecule has 0 aromatic heterocycles. The molecule has 12 heavy (non-hydrogen) atoms. The highest BCUT2D eigenvalue weighted by atomic mass is 15.0. The molecule has 0 bridgehead atoms. The lowest BCUT2D eigenvalue weighted by molar-refractivity contribution is 0.289. The molecule has 0 aromatic carbocycles. The molecule has 2 aliphatic rings. The molecule has 2 rings (SSSR count). The first-order valence-electron chi connectivity index (χ1n) is 5.42. The summed E-state index contributed by atoms with van der Waals surface area (Å²) in [6.07, 6.45) is 8.52. The van der Waals surface area contributed by atoms with E-state index >= 15 is 0 Å². The molecule has 2 aliphatic carbocycles. The Hall–Kier alpha value is -0.0400. The quantitative estimate of drug-likeness (QED) is 0.667. The predicted molar refractivity (Wildman–Crippen MR) is 52.2 cm³/mol. The van der Waals surface area contributed by atoms with Crippen molar-refractivity contribution in [3.63, 3.8) is 0 Å². The lowest BCUT2D eigenvalue weighted by Crippen LogP contribution is -2.41. The maximum Gasteiger partial charge on any atom is 0.00749 e. The van der Waals surface area contributed by atoms with Crippen LogP contribution in [-0.2, 0) is 0 Å². The van der Waals surface area contributed by atoms with Gasteiger partial charge in [-0.15, -0.1) is 0 Å². The van der Waals surface area contributed by atoms with Crippen molar-refractivity contribution in [3.05, 3.63) is 0 Å². The van der Waals surface area contributed by atoms with Crippen molar-refractivity contribution in [1.82, 2.24) is 5.32 Å². The van der Waals surface area contributed by atoms with Crippen molar-refractivity contribution in [1.29, 1.82) is 0 Å². The first-order valence-corrected chi connectivity index (χ1v) is 5.42. The Morgan fingerprint density at radius 1 is 1.08 bits per heavy atom. The lowest BCUT2D eigenvalue weighted by Gasteiger charge is -2.30. The van der Waals surface area contributed by atoms with Gasteiger partial charge in [0.25, 0.3) is 0 Å². The minimum atomic E-state index is 0.613. The summed E-state index contributed by atoms with van der Waals surface area (Å²) in [7, 11) is 0. The standard InChI is InChI=1S/C11H21N/c1-11(2)7-6-10(8-11)12-9-4-3-5-9/h9-10,12H,3-8H2,1-2H3/t10-/m1/s1. The van der Waals surface area contributed by atoms with E-state index in [9.17, 15) is 0 Å². The van der Waals surface area contributed by atoms with Crippen molar-refractivity contribution < 1.29 is 0 Å². The fourth-order valence-electron chi connectivity index (χ4n) is 2.49. The molecule has 2 saturated carbocycles. The van der Waals surface area contributed by atoms with E-state index in [4.69, 9.17) is 0 Å². The van der Waals surface area contributed by atoms with Gasteiger partial charge in [-0.25, -0.2) is 0 Å². The van der Waals surface area contributed by atoms with Gasteiger partial charge in [0.05, 0.1) is 0 Å². The van der Waals surface area contributed by atoms with Crippen molar-refractivity contribution in [2.45, 2.75) is 64.5 Å². The van der Waals surface area contributed by atoms with Crippen LogP contribution in [0, 0.1) is 5.41 Å². The van der Waals surface area contributed by atoms with Gasteiger partial charge in [-0.2, -0.15) is 0 Å². The Kier molecular flexibility index (Phi) is 2.16. The molecular weight excluding hydrogens is 146 g/mol. The molecule has 2 fully saturated rings. The molecule has 1 heteroatoms. The van der Waals surface area contributed by atoms with E-state index in [0.717, 1.165) is 12.1 Å². The third-order valence-corrected chi connectivity index (χ3v) is 3.55. The Bertz CT molecular complexity index is 158. The Morgan fingerprint density at radius 3 is 2.25 bits per heavy atom. The van der Waals surface area contributed by atoms with Gasteiger partial charge in [0.15, 0.2) is 0 Å². The molecule has 1 atom stereocenters. The van der Waals surface area contributed by atoms with Crippen LogP contribution in [0.2, 0.25) is 0 Å². The molecule has 70 valence electrons. The van der Waals surface area contributed by atoms with Crippen LogP contribution in [0.3, 0.4) is 0 Å². The lowest BCUT2D eigenvalue weighted by atomic mass is 9.90. The molecule has 0 radical (unpaired) electrons. The van der Waals surface area contributed by atoms with Crippen molar-refractivity contribution >= 4 is 0 Å². The van der Waals surface area contributed by atoms with E-state index in [-0.39, 0.29) is 0 Å². The minimum Gasteiger partial charge on any atom is -0.311 e. The summed E-state index contributed by atoms with van der Waals surface area (Å²) in [5.41, 5.74) is 0.613. The largest absolute Gasteiger partial charge is 0.311 e. The molecule has 1 nitrogen and oxygen atoms in total. The number of nitrogens with one attached hydrogen (secondary N) is 1. The van der Waals surface area contributed by atoms with Crippen LogP contribution in [-0.4, -0.2) is 12.1 Å². The number of hydrogen-bond acceptors (Lipinski definition) is 1. The highest BCUT2D eigenvalue weighted by Gasteiger charge is 2.32. The van der Waals surface area contributed by atoms with Crippen LogP contribution in [0.15, 0.2) is 0 Å². The van der Waals surface area contributed by atoms with Gasteiger partial charge in [0.2, 0.25) is 0 Å². The maximum absolute atomic E-state index is 3.77. The highest BCUT2D eigenvalue weighted by Crippen LogP contribution is 2.37. The zero-order valence-corrected chi connectivity index (χ0v) is 8.40. The van der Waals surface area contributed by atoms with Crippen molar-refractivity contribution in [2.75, 3.05) is 0 Å². The first kappa shape index (κ1) is 8.55. The van der Waals surface area contributed by atoms with Gasteiger partial charge in [-0.3, -0.25) is 0 Å². The van der Waals surface area contributed by atoms with Crippen LogP contribution < -0.4 is 5.32 Å². The van der Waals surface area contributed by atoms with Crippen LogP contribution >= 0.6 is 0 Å². The number of rotatable bonds is 2. The Balaban J connectivity index is 1.75. The number of hydrogen-bond donors (Lipinski definition) is 1. The average Bonchev–Trinajstić information content (AvgIpc) is 2.21. The summed E-state index contributed by atoms with van der Waals surface area (Å²) in [6.45, 7) is 4.80.